The predicted molar refractivity (Wildman–Crippen MR) is 82.2 cm³/mol. The van der Waals surface area contributed by atoms with Crippen LogP contribution in [0.2, 0.25) is 0 Å². The highest BCUT2D eigenvalue weighted by Gasteiger charge is 2.20. The summed E-state index contributed by atoms with van der Waals surface area (Å²) in [5, 5.41) is 3.21. The van der Waals surface area contributed by atoms with Crippen molar-refractivity contribution < 1.29 is 13.5 Å². The molecule has 0 aliphatic carbocycles. The van der Waals surface area contributed by atoms with Gasteiger partial charge in [-0.15, -0.1) is 12.4 Å². The third-order valence-electron chi connectivity index (χ3n) is 3.68. The third kappa shape index (κ3) is 5.77. The van der Waals surface area contributed by atoms with Crippen LogP contribution in [-0.2, 0) is 6.54 Å². The SMILES string of the molecule is CNCC1CCCN(Cc2ccccc2OC(F)F)C1.Cl. The largest absolute Gasteiger partial charge is 0.434 e. The van der Waals surface area contributed by atoms with Gasteiger partial charge in [0.1, 0.15) is 5.75 Å². The van der Waals surface area contributed by atoms with Crippen LogP contribution in [0.15, 0.2) is 24.3 Å². The van der Waals surface area contributed by atoms with Gasteiger partial charge < -0.3 is 10.1 Å². The molecule has 1 aromatic rings. The van der Waals surface area contributed by atoms with Crippen LogP contribution < -0.4 is 10.1 Å². The van der Waals surface area contributed by atoms with E-state index in [2.05, 4.69) is 15.0 Å². The molecule has 120 valence electrons. The molecule has 1 N–H and O–H groups in total. The number of halogens is 3. The molecular weight excluding hydrogens is 298 g/mol. The molecule has 1 aliphatic heterocycles. The molecule has 0 radical (unpaired) electrons. The van der Waals surface area contributed by atoms with Crippen molar-refractivity contribution in [2.24, 2.45) is 5.92 Å². The fourth-order valence-corrected chi connectivity index (χ4v) is 2.84. The minimum atomic E-state index is -2.77. The Morgan fingerprint density at radius 1 is 1.38 bits per heavy atom. The summed E-state index contributed by atoms with van der Waals surface area (Å²) < 4.78 is 29.4. The number of piperidine rings is 1. The highest BCUT2D eigenvalue weighted by Crippen LogP contribution is 2.24. The molecule has 3 nitrogen and oxygen atoms in total. The molecule has 1 fully saturated rings. The second kappa shape index (κ2) is 9.18. The van der Waals surface area contributed by atoms with E-state index >= 15 is 0 Å². The summed E-state index contributed by atoms with van der Waals surface area (Å²) in [7, 11) is 1.96. The van der Waals surface area contributed by atoms with Gasteiger partial charge in [0.05, 0.1) is 0 Å². The smallest absolute Gasteiger partial charge is 0.387 e. The van der Waals surface area contributed by atoms with Crippen molar-refractivity contribution in [2.45, 2.75) is 26.0 Å². The minimum absolute atomic E-state index is 0. The van der Waals surface area contributed by atoms with Gasteiger partial charge in [-0.3, -0.25) is 4.90 Å². The van der Waals surface area contributed by atoms with Gasteiger partial charge in [-0.05, 0) is 45.0 Å². The van der Waals surface area contributed by atoms with Crippen LogP contribution in [0.25, 0.3) is 0 Å². The quantitative estimate of drug-likeness (QED) is 0.871. The van der Waals surface area contributed by atoms with Crippen LogP contribution in [-0.4, -0.2) is 38.2 Å². The molecule has 1 aliphatic rings. The molecule has 21 heavy (non-hydrogen) atoms. The van der Waals surface area contributed by atoms with Gasteiger partial charge in [0.15, 0.2) is 0 Å². The molecule has 0 spiro atoms. The lowest BCUT2D eigenvalue weighted by Crippen LogP contribution is -2.38. The monoisotopic (exact) mass is 320 g/mol. The van der Waals surface area contributed by atoms with Crippen LogP contribution in [0, 0.1) is 5.92 Å². The van der Waals surface area contributed by atoms with Crippen LogP contribution >= 0.6 is 12.4 Å². The van der Waals surface area contributed by atoms with Crippen LogP contribution in [0.5, 0.6) is 5.75 Å². The number of benzene rings is 1. The molecule has 1 saturated heterocycles. The van der Waals surface area contributed by atoms with E-state index in [0.29, 0.717) is 18.2 Å². The molecule has 1 atom stereocenters. The van der Waals surface area contributed by atoms with Gasteiger partial charge in [-0.25, -0.2) is 0 Å². The standard InChI is InChI=1S/C15H22F2N2O.ClH/c1-18-9-12-5-4-8-19(10-12)11-13-6-2-3-7-14(13)20-15(16)17;/h2-3,6-7,12,15,18H,4-5,8-11H2,1H3;1H. The number of para-hydroxylation sites is 1. The van der Waals surface area contributed by atoms with E-state index in [1.165, 1.54) is 6.42 Å². The molecule has 0 bridgehead atoms. The second-order valence-electron chi connectivity index (χ2n) is 5.29. The Kier molecular flexibility index (Phi) is 7.93. The molecule has 1 heterocycles. The summed E-state index contributed by atoms with van der Waals surface area (Å²) in [5.41, 5.74) is 0.831. The summed E-state index contributed by atoms with van der Waals surface area (Å²) in [5.74, 6) is 0.926. The minimum Gasteiger partial charge on any atom is -0.434 e. The Balaban J connectivity index is 0.00000220. The zero-order chi connectivity index (χ0) is 14.4. The molecular formula is C15H23ClF2N2O. The van der Waals surface area contributed by atoms with Gasteiger partial charge in [0.25, 0.3) is 0 Å². The molecule has 0 saturated carbocycles. The number of rotatable bonds is 6. The lowest BCUT2D eigenvalue weighted by molar-refractivity contribution is -0.0508. The van der Waals surface area contributed by atoms with Crippen LogP contribution in [0.4, 0.5) is 8.78 Å². The summed E-state index contributed by atoms with van der Waals surface area (Å²) in [6, 6.07) is 7.06. The van der Waals surface area contributed by atoms with Gasteiger partial charge in [-0.2, -0.15) is 8.78 Å². The lowest BCUT2D eigenvalue weighted by Gasteiger charge is -2.33. The summed E-state index contributed by atoms with van der Waals surface area (Å²) >= 11 is 0. The first kappa shape index (κ1) is 18.1. The highest BCUT2D eigenvalue weighted by atomic mass is 35.5. The van der Waals surface area contributed by atoms with Gasteiger partial charge >= 0.3 is 6.61 Å². The fourth-order valence-electron chi connectivity index (χ4n) is 2.84. The first-order valence-corrected chi connectivity index (χ1v) is 7.08. The zero-order valence-corrected chi connectivity index (χ0v) is 13.0. The van der Waals surface area contributed by atoms with E-state index in [4.69, 9.17) is 0 Å². The average molecular weight is 321 g/mol. The van der Waals surface area contributed by atoms with Gasteiger partial charge in [0, 0.05) is 18.7 Å². The van der Waals surface area contributed by atoms with Crippen molar-refractivity contribution in [1.82, 2.24) is 10.2 Å². The summed E-state index contributed by atoms with van der Waals surface area (Å²) in [6.45, 7) is 0.927. The summed E-state index contributed by atoms with van der Waals surface area (Å²) in [6.07, 6.45) is 2.39. The van der Waals surface area contributed by atoms with Crippen molar-refractivity contribution in [3.05, 3.63) is 29.8 Å². The number of likely N-dealkylation sites (tertiary alicyclic amines) is 1. The molecule has 1 unspecified atom stereocenters. The average Bonchev–Trinajstić information content (AvgIpc) is 2.41. The Bertz CT molecular complexity index is 418. The maximum atomic E-state index is 12.4. The Hall–Kier alpha value is -0.910. The van der Waals surface area contributed by atoms with E-state index < -0.39 is 6.61 Å². The van der Waals surface area contributed by atoms with Crippen LogP contribution in [0.1, 0.15) is 18.4 Å². The predicted octanol–water partition coefficient (Wildman–Crippen LogP) is 3.14. The zero-order valence-electron chi connectivity index (χ0n) is 12.2. The topological polar surface area (TPSA) is 24.5 Å². The van der Waals surface area contributed by atoms with Gasteiger partial charge in [0.2, 0.25) is 0 Å². The lowest BCUT2D eigenvalue weighted by atomic mass is 9.97. The van der Waals surface area contributed by atoms with Crippen molar-refractivity contribution in [3.8, 4) is 5.75 Å². The first-order chi connectivity index (χ1) is 9.69. The number of nitrogens with one attached hydrogen (secondary N) is 1. The Labute approximate surface area is 131 Å². The fraction of sp³-hybridized carbons (Fsp3) is 0.600. The Morgan fingerprint density at radius 3 is 2.86 bits per heavy atom. The van der Waals surface area contributed by atoms with Crippen molar-refractivity contribution in [2.75, 3.05) is 26.7 Å². The molecule has 1 aromatic carbocycles. The van der Waals surface area contributed by atoms with E-state index in [-0.39, 0.29) is 12.4 Å². The maximum Gasteiger partial charge on any atom is 0.387 e. The first-order valence-electron chi connectivity index (χ1n) is 7.08. The van der Waals surface area contributed by atoms with Crippen molar-refractivity contribution in [3.63, 3.8) is 0 Å². The number of nitrogens with zero attached hydrogens (tertiary/aromatic N) is 1. The van der Waals surface area contributed by atoms with Crippen LogP contribution in [0.3, 0.4) is 0 Å². The number of hydrogen-bond donors (Lipinski definition) is 1. The van der Waals surface area contributed by atoms with E-state index in [1.54, 1.807) is 12.1 Å². The van der Waals surface area contributed by atoms with Gasteiger partial charge in [-0.1, -0.05) is 18.2 Å². The van der Waals surface area contributed by atoms with Crippen molar-refractivity contribution >= 4 is 12.4 Å². The van der Waals surface area contributed by atoms with E-state index in [0.717, 1.165) is 31.6 Å². The molecule has 0 amide bonds. The number of hydrogen-bond acceptors (Lipinski definition) is 3. The highest BCUT2D eigenvalue weighted by molar-refractivity contribution is 5.85. The third-order valence-corrected chi connectivity index (χ3v) is 3.68. The summed E-state index contributed by atoms with van der Waals surface area (Å²) in [4.78, 5) is 2.32. The second-order valence-corrected chi connectivity index (χ2v) is 5.29. The van der Waals surface area contributed by atoms with E-state index in [1.807, 2.05) is 19.2 Å². The number of alkyl halides is 2. The normalized spacial score (nSPS) is 19.3. The van der Waals surface area contributed by atoms with E-state index in [9.17, 15) is 8.78 Å². The van der Waals surface area contributed by atoms with Crippen molar-refractivity contribution in [1.29, 1.82) is 0 Å². The molecule has 0 aromatic heterocycles. The Morgan fingerprint density at radius 2 is 2.14 bits per heavy atom. The molecule has 2 rings (SSSR count). The number of ether oxygens (including phenoxy) is 1. The molecule has 6 heteroatoms. The maximum absolute atomic E-state index is 12.4.